The van der Waals surface area contributed by atoms with Crippen molar-refractivity contribution >= 4 is 11.6 Å². The molecule has 0 saturated carbocycles. The predicted octanol–water partition coefficient (Wildman–Crippen LogP) is 5.12. The molecule has 0 bridgehead atoms. The van der Waals surface area contributed by atoms with Gasteiger partial charge in [0.05, 0.1) is 0 Å². The van der Waals surface area contributed by atoms with Crippen LogP contribution in [0.4, 0.5) is 0 Å². The first-order chi connectivity index (χ1) is 11.8. The van der Waals surface area contributed by atoms with Crippen LogP contribution in [-0.4, -0.2) is 13.2 Å². The number of hydrogen-bond acceptors (Lipinski definition) is 3. The molecule has 0 aliphatic rings. The zero-order chi connectivity index (χ0) is 18.4. The highest BCUT2D eigenvalue weighted by atomic mass is 35.5. The first kappa shape index (κ1) is 19.6. The summed E-state index contributed by atoms with van der Waals surface area (Å²) in [6, 6.07) is 11.9. The molecule has 2 rings (SSSR count). The molecule has 0 atom stereocenters. The van der Waals surface area contributed by atoms with E-state index in [9.17, 15) is 0 Å². The van der Waals surface area contributed by atoms with E-state index < -0.39 is 0 Å². The third kappa shape index (κ3) is 5.38. The lowest BCUT2D eigenvalue weighted by atomic mass is 9.85. The van der Waals surface area contributed by atoms with E-state index >= 15 is 0 Å². The monoisotopic (exact) mass is 361 g/mol. The van der Waals surface area contributed by atoms with Gasteiger partial charge in [-0.25, -0.2) is 0 Å². The third-order valence-electron chi connectivity index (χ3n) is 4.10. The van der Waals surface area contributed by atoms with E-state index in [1.807, 2.05) is 12.1 Å². The number of benzene rings is 2. The lowest BCUT2D eigenvalue weighted by Crippen LogP contribution is -2.16. The van der Waals surface area contributed by atoms with Crippen molar-refractivity contribution in [3.05, 3.63) is 58.1 Å². The van der Waals surface area contributed by atoms with Gasteiger partial charge in [-0.1, -0.05) is 51.4 Å². The Morgan fingerprint density at radius 1 is 0.960 bits per heavy atom. The maximum Gasteiger partial charge on any atom is 0.124 e. The molecule has 0 amide bonds. The van der Waals surface area contributed by atoms with Crippen molar-refractivity contribution in [3.8, 4) is 11.5 Å². The molecule has 0 unspecified atom stereocenters. The molecule has 4 heteroatoms. The molecular formula is C21H28ClNO2. The summed E-state index contributed by atoms with van der Waals surface area (Å²) in [4.78, 5) is 0. The highest BCUT2D eigenvalue weighted by molar-refractivity contribution is 6.30. The van der Waals surface area contributed by atoms with Gasteiger partial charge in [0.1, 0.15) is 24.7 Å². The van der Waals surface area contributed by atoms with Gasteiger partial charge in [0, 0.05) is 17.1 Å². The van der Waals surface area contributed by atoms with Gasteiger partial charge in [0.2, 0.25) is 0 Å². The van der Waals surface area contributed by atoms with E-state index in [0.29, 0.717) is 24.8 Å². The molecule has 0 aliphatic carbocycles. The molecule has 3 nitrogen and oxygen atoms in total. The fourth-order valence-electron chi connectivity index (χ4n) is 2.66. The number of rotatable bonds is 7. The third-order valence-corrected chi connectivity index (χ3v) is 4.34. The summed E-state index contributed by atoms with van der Waals surface area (Å²) in [7, 11) is 0. The van der Waals surface area contributed by atoms with Crippen LogP contribution in [0, 0.1) is 0 Å². The van der Waals surface area contributed by atoms with E-state index in [1.54, 1.807) is 6.07 Å². The Labute approximate surface area is 156 Å². The van der Waals surface area contributed by atoms with E-state index in [4.69, 9.17) is 26.8 Å². The second-order valence-electron chi connectivity index (χ2n) is 7.09. The number of halogens is 1. The first-order valence-electron chi connectivity index (χ1n) is 8.72. The van der Waals surface area contributed by atoms with E-state index in [0.717, 1.165) is 23.5 Å². The summed E-state index contributed by atoms with van der Waals surface area (Å²) >= 11 is 5.99. The van der Waals surface area contributed by atoms with Crippen molar-refractivity contribution < 1.29 is 9.47 Å². The zero-order valence-corrected chi connectivity index (χ0v) is 16.3. The van der Waals surface area contributed by atoms with Gasteiger partial charge in [-0.2, -0.15) is 0 Å². The molecule has 2 aromatic carbocycles. The number of aryl methyl sites for hydroxylation is 1. The molecule has 2 N–H and O–H groups in total. The van der Waals surface area contributed by atoms with E-state index in [2.05, 4.69) is 45.9 Å². The van der Waals surface area contributed by atoms with Gasteiger partial charge in [0.25, 0.3) is 0 Å². The van der Waals surface area contributed by atoms with Crippen LogP contribution in [0.5, 0.6) is 11.5 Å². The lowest BCUT2D eigenvalue weighted by molar-refractivity contribution is 0.213. The highest BCUT2D eigenvalue weighted by Crippen LogP contribution is 2.32. The minimum absolute atomic E-state index is 0.0320. The number of ether oxygens (including phenoxy) is 2. The summed E-state index contributed by atoms with van der Waals surface area (Å²) in [5.41, 5.74) is 9.21. The van der Waals surface area contributed by atoms with Gasteiger partial charge < -0.3 is 15.2 Å². The average molecular weight is 362 g/mol. The quantitative estimate of drug-likeness (QED) is 0.696. The van der Waals surface area contributed by atoms with Gasteiger partial charge in [-0.05, 0) is 47.2 Å². The molecule has 0 aliphatic heterocycles. The molecule has 136 valence electrons. The Kier molecular flexibility index (Phi) is 6.74. The topological polar surface area (TPSA) is 44.5 Å². The van der Waals surface area contributed by atoms with Crippen LogP contribution >= 0.6 is 11.6 Å². The van der Waals surface area contributed by atoms with Crippen LogP contribution in [0.1, 0.15) is 44.4 Å². The first-order valence-corrected chi connectivity index (χ1v) is 9.10. The van der Waals surface area contributed by atoms with Crippen LogP contribution in [0.25, 0.3) is 0 Å². The molecule has 0 saturated heterocycles. The van der Waals surface area contributed by atoms with Gasteiger partial charge in [0.15, 0.2) is 0 Å². The maximum absolute atomic E-state index is 6.00. The smallest absolute Gasteiger partial charge is 0.124 e. The van der Waals surface area contributed by atoms with Gasteiger partial charge >= 0.3 is 0 Å². The second kappa shape index (κ2) is 8.59. The summed E-state index contributed by atoms with van der Waals surface area (Å²) in [6.45, 7) is 10.1. The van der Waals surface area contributed by atoms with Crippen molar-refractivity contribution in [2.75, 3.05) is 13.2 Å². The fourth-order valence-corrected chi connectivity index (χ4v) is 2.86. The SMILES string of the molecule is CCc1ccc(OCCOc2ccc(Cl)cc2CN)c(C(C)(C)C)c1. The summed E-state index contributed by atoms with van der Waals surface area (Å²) in [5.74, 6) is 1.68. The van der Waals surface area contributed by atoms with Gasteiger partial charge in [-0.15, -0.1) is 0 Å². The minimum Gasteiger partial charge on any atom is -0.490 e. The molecule has 0 radical (unpaired) electrons. The minimum atomic E-state index is 0.0320. The maximum atomic E-state index is 6.00. The Hall–Kier alpha value is -1.71. The Morgan fingerprint density at radius 3 is 2.20 bits per heavy atom. The second-order valence-corrected chi connectivity index (χ2v) is 7.52. The van der Waals surface area contributed by atoms with E-state index in [-0.39, 0.29) is 5.41 Å². The van der Waals surface area contributed by atoms with Crippen molar-refractivity contribution in [1.29, 1.82) is 0 Å². The molecule has 0 heterocycles. The number of hydrogen-bond donors (Lipinski definition) is 1. The summed E-state index contributed by atoms with van der Waals surface area (Å²) in [5, 5.41) is 0.662. The molecule has 2 aromatic rings. The van der Waals surface area contributed by atoms with Crippen molar-refractivity contribution in [1.82, 2.24) is 0 Å². The fraction of sp³-hybridized carbons (Fsp3) is 0.429. The zero-order valence-electron chi connectivity index (χ0n) is 15.6. The van der Waals surface area contributed by atoms with Crippen molar-refractivity contribution in [3.63, 3.8) is 0 Å². The molecule has 0 aromatic heterocycles. The van der Waals surface area contributed by atoms with Crippen LogP contribution < -0.4 is 15.2 Å². The number of nitrogens with two attached hydrogens (primary N) is 1. The highest BCUT2D eigenvalue weighted by Gasteiger charge is 2.19. The normalized spacial score (nSPS) is 11.4. The van der Waals surface area contributed by atoms with Crippen LogP contribution in [-0.2, 0) is 18.4 Å². The van der Waals surface area contributed by atoms with Crippen LogP contribution in [0.15, 0.2) is 36.4 Å². The standard InChI is InChI=1S/C21H28ClNO2/c1-5-15-6-8-20(18(12-15)21(2,3)4)25-11-10-24-19-9-7-17(22)13-16(19)14-23/h6-9,12-13H,5,10-11,14,23H2,1-4H3. The van der Waals surface area contributed by atoms with E-state index in [1.165, 1.54) is 11.1 Å². The van der Waals surface area contributed by atoms with Crippen LogP contribution in [0.2, 0.25) is 5.02 Å². The Bertz CT molecular complexity index is 708. The van der Waals surface area contributed by atoms with Gasteiger partial charge in [-0.3, -0.25) is 0 Å². The Morgan fingerprint density at radius 2 is 1.60 bits per heavy atom. The molecule has 0 fully saturated rings. The largest absolute Gasteiger partial charge is 0.490 e. The lowest BCUT2D eigenvalue weighted by Gasteiger charge is -2.24. The molecular weight excluding hydrogens is 334 g/mol. The Balaban J connectivity index is 2.00. The predicted molar refractivity (Wildman–Crippen MR) is 105 cm³/mol. The molecule has 0 spiro atoms. The average Bonchev–Trinajstić information content (AvgIpc) is 2.58. The molecule has 25 heavy (non-hydrogen) atoms. The van der Waals surface area contributed by atoms with Crippen LogP contribution in [0.3, 0.4) is 0 Å². The van der Waals surface area contributed by atoms with Crippen molar-refractivity contribution in [2.24, 2.45) is 5.73 Å². The van der Waals surface area contributed by atoms with Crippen molar-refractivity contribution in [2.45, 2.75) is 46.1 Å². The summed E-state index contributed by atoms with van der Waals surface area (Å²) in [6.07, 6.45) is 1.02. The summed E-state index contributed by atoms with van der Waals surface area (Å²) < 4.78 is 11.8.